The Morgan fingerprint density at radius 1 is 1.18 bits per heavy atom. The van der Waals surface area contributed by atoms with Crippen molar-refractivity contribution >= 4 is 5.82 Å². The van der Waals surface area contributed by atoms with Gasteiger partial charge >= 0.3 is 0 Å². The van der Waals surface area contributed by atoms with Crippen molar-refractivity contribution in [3.63, 3.8) is 0 Å². The number of likely N-dealkylation sites (N-methyl/N-ethyl adjacent to an activating group) is 1. The van der Waals surface area contributed by atoms with E-state index < -0.39 is 0 Å². The number of rotatable bonds is 1. The van der Waals surface area contributed by atoms with Gasteiger partial charge in [-0.15, -0.1) is 0 Å². The summed E-state index contributed by atoms with van der Waals surface area (Å²) in [4.78, 5) is 6.60. The molecule has 0 fully saturated rings. The van der Waals surface area contributed by atoms with Crippen LogP contribution in [0.3, 0.4) is 0 Å². The molecule has 0 amide bonds. The molecule has 0 unspecified atom stereocenters. The Labute approximate surface area is 101 Å². The van der Waals surface area contributed by atoms with Crippen molar-refractivity contribution in [3.8, 4) is 16.9 Å². The number of aromatic nitrogens is 1. The van der Waals surface area contributed by atoms with E-state index in [9.17, 15) is 0 Å². The predicted molar refractivity (Wildman–Crippen MR) is 68.4 cm³/mol. The van der Waals surface area contributed by atoms with Crippen molar-refractivity contribution in [2.24, 2.45) is 0 Å². The second kappa shape index (κ2) is 4.09. The number of ether oxygens (including phenoxy) is 1. The molecule has 2 heterocycles. The fraction of sp³-hybridized carbons (Fsp3) is 0.214. The van der Waals surface area contributed by atoms with Crippen LogP contribution in [-0.4, -0.2) is 25.2 Å². The Kier molecular flexibility index (Phi) is 2.44. The van der Waals surface area contributed by atoms with Crippen LogP contribution in [0.5, 0.6) is 5.75 Å². The van der Waals surface area contributed by atoms with Crippen LogP contribution < -0.4 is 9.64 Å². The third kappa shape index (κ3) is 1.84. The molecule has 1 aliphatic heterocycles. The second-order valence-corrected chi connectivity index (χ2v) is 4.18. The molecule has 3 nitrogen and oxygen atoms in total. The molecule has 1 aromatic heterocycles. The number of benzene rings is 1. The van der Waals surface area contributed by atoms with E-state index in [4.69, 9.17) is 4.74 Å². The maximum Gasteiger partial charge on any atom is 0.171 e. The summed E-state index contributed by atoms with van der Waals surface area (Å²) in [7, 11) is 2.04. The highest BCUT2D eigenvalue weighted by atomic mass is 16.5. The molecule has 0 atom stereocenters. The monoisotopic (exact) mass is 226 g/mol. The molecular weight excluding hydrogens is 212 g/mol. The van der Waals surface area contributed by atoms with Gasteiger partial charge in [-0.3, -0.25) is 0 Å². The van der Waals surface area contributed by atoms with Crippen molar-refractivity contribution in [2.75, 3.05) is 25.1 Å². The second-order valence-electron chi connectivity index (χ2n) is 4.18. The van der Waals surface area contributed by atoms with Crippen LogP contribution in [0, 0.1) is 0 Å². The van der Waals surface area contributed by atoms with E-state index in [1.807, 2.05) is 31.4 Å². The number of hydrogen-bond acceptors (Lipinski definition) is 3. The van der Waals surface area contributed by atoms with Gasteiger partial charge in [0.05, 0.1) is 6.54 Å². The van der Waals surface area contributed by atoms with Gasteiger partial charge in [-0.05, 0) is 11.6 Å². The maximum atomic E-state index is 5.65. The Morgan fingerprint density at radius 3 is 2.82 bits per heavy atom. The van der Waals surface area contributed by atoms with E-state index in [1.165, 1.54) is 5.56 Å². The minimum absolute atomic E-state index is 0.726. The Hall–Kier alpha value is -2.03. The fourth-order valence-electron chi connectivity index (χ4n) is 2.02. The van der Waals surface area contributed by atoms with Crippen LogP contribution in [0.2, 0.25) is 0 Å². The molecule has 3 heteroatoms. The quantitative estimate of drug-likeness (QED) is 0.747. The zero-order valence-corrected chi connectivity index (χ0v) is 9.76. The number of anilines is 1. The van der Waals surface area contributed by atoms with E-state index >= 15 is 0 Å². The summed E-state index contributed by atoms with van der Waals surface area (Å²) in [6.45, 7) is 1.62. The van der Waals surface area contributed by atoms with Crippen LogP contribution in [0.15, 0.2) is 42.6 Å². The molecule has 0 bridgehead atoms. The van der Waals surface area contributed by atoms with Gasteiger partial charge in [0.25, 0.3) is 0 Å². The van der Waals surface area contributed by atoms with Crippen LogP contribution in [0.25, 0.3) is 11.1 Å². The molecule has 17 heavy (non-hydrogen) atoms. The standard InChI is InChI=1S/C14H14N2O/c1-16-7-8-17-13-9-12(10-15-14(13)16)11-5-3-2-4-6-11/h2-6,9-10H,7-8H2,1H3. The van der Waals surface area contributed by atoms with Gasteiger partial charge in [0.1, 0.15) is 6.61 Å². The molecule has 0 radical (unpaired) electrons. The Balaban J connectivity index is 2.04. The molecule has 3 rings (SSSR count). The first-order valence-electron chi connectivity index (χ1n) is 5.74. The summed E-state index contributed by atoms with van der Waals surface area (Å²) in [5, 5.41) is 0. The Morgan fingerprint density at radius 2 is 2.00 bits per heavy atom. The number of nitrogens with zero attached hydrogens (tertiary/aromatic N) is 2. The average Bonchev–Trinajstić information content (AvgIpc) is 2.40. The maximum absolute atomic E-state index is 5.65. The van der Waals surface area contributed by atoms with Crippen molar-refractivity contribution in [1.82, 2.24) is 4.98 Å². The highest BCUT2D eigenvalue weighted by molar-refractivity contribution is 5.68. The largest absolute Gasteiger partial charge is 0.488 e. The minimum Gasteiger partial charge on any atom is -0.488 e. The molecule has 0 saturated heterocycles. The van der Waals surface area contributed by atoms with Crippen LogP contribution in [0.4, 0.5) is 5.82 Å². The van der Waals surface area contributed by atoms with Crippen LogP contribution in [-0.2, 0) is 0 Å². The number of fused-ring (bicyclic) bond motifs is 1. The van der Waals surface area contributed by atoms with Gasteiger partial charge in [0, 0.05) is 18.8 Å². The summed E-state index contributed by atoms with van der Waals surface area (Å²) in [5.41, 5.74) is 2.26. The molecule has 0 spiro atoms. The summed E-state index contributed by atoms with van der Waals surface area (Å²) >= 11 is 0. The zero-order chi connectivity index (χ0) is 11.7. The molecule has 0 saturated carbocycles. The molecule has 86 valence electrons. The Bertz CT molecular complexity index is 525. The average molecular weight is 226 g/mol. The number of pyridine rings is 1. The van der Waals surface area contributed by atoms with E-state index in [0.29, 0.717) is 0 Å². The molecule has 0 N–H and O–H groups in total. The van der Waals surface area contributed by atoms with E-state index in [1.54, 1.807) is 0 Å². The van der Waals surface area contributed by atoms with Gasteiger partial charge in [0.15, 0.2) is 11.6 Å². The molecule has 1 aliphatic rings. The van der Waals surface area contributed by atoms with Gasteiger partial charge in [-0.1, -0.05) is 30.3 Å². The lowest BCUT2D eigenvalue weighted by molar-refractivity contribution is 0.309. The number of hydrogen-bond donors (Lipinski definition) is 0. The van der Waals surface area contributed by atoms with Crippen LogP contribution >= 0.6 is 0 Å². The zero-order valence-electron chi connectivity index (χ0n) is 9.76. The SMILES string of the molecule is CN1CCOc2cc(-c3ccccc3)cnc21. The van der Waals surface area contributed by atoms with E-state index in [0.717, 1.165) is 30.3 Å². The first-order valence-corrected chi connectivity index (χ1v) is 5.74. The topological polar surface area (TPSA) is 25.4 Å². The van der Waals surface area contributed by atoms with E-state index in [-0.39, 0.29) is 0 Å². The lowest BCUT2D eigenvalue weighted by Crippen LogP contribution is -2.29. The summed E-state index contributed by atoms with van der Waals surface area (Å²) < 4.78 is 5.65. The molecule has 0 aliphatic carbocycles. The van der Waals surface area contributed by atoms with E-state index in [2.05, 4.69) is 28.1 Å². The van der Waals surface area contributed by atoms with Gasteiger partial charge in [0.2, 0.25) is 0 Å². The normalized spacial score (nSPS) is 14.1. The molecular formula is C14H14N2O. The third-order valence-corrected chi connectivity index (χ3v) is 2.99. The van der Waals surface area contributed by atoms with Gasteiger partial charge < -0.3 is 9.64 Å². The summed E-state index contributed by atoms with van der Waals surface area (Å²) in [6, 6.07) is 12.3. The lowest BCUT2D eigenvalue weighted by atomic mass is 10.1. The molecule has 1 aromatic carbocycles. The van der Waals surface area contributed by atoms with Crippen molar-refractivity contribution in [1.29, 1.82) is 0 Å². The summed E-state index contributed by atoms with van der Waals surface area (Å²) in [6.07, 6.45) is 1.90. The molecule has 2 aromatic rings. The van der Waals surface area contributed by atoms with Crippen molar-refractivity contribution in [2.45, 2.75) is 0 Å². The first-order chi connectivity index (χ1) is 8.34. The smallest absolute Gasteiger partial charge is 0.171 e. The highest BCUT2D eigenvalue weighted by Crippen LogP contribution is 2.32. The van der Waals surface area contributed by atoms with Gasteiger partial charge in [-0.25, -0.2) is 4.98 Å². The van der Waals surface area contributed by atoms with Crippen molar-refractivity contribution in [3.05, 3.63) is 42.6 Å². The highest BCUT2D eigenvalue weighted by Gasteiger charge is 2.16. The van der Waals surface area contributed by atoms with Crippen LogP contribution in [0.1, 0.15) is 0 Å². The summed E-state index contributed by atoms with van der Waals surface area (Å²) in [5.74, 6) is 1.80. The first kappa shape index (κ1) is 10.1. The lowest BCUT2D eigenvalue weighted by Gasteiger charge is -2.26. The predicted octanol–water partition coefficient (Wildman–Crippen LogP) is 2.58. The van der Waals surface area contributed by atoms with Crippen molar-refractivity contribution < 1.29 is 4.74 Å². The van der Waals surface area contributed by atoms with Gasteiger partial charge in [-0.2, -0.15) is 0 Å². The minimum atomic E-state index is 0.726. The third-order valence-electron chi connectivity index (χ3n) is 2.99. The fourth-order valence-corrected chi connectivity index (χ4v) is 2.02.